The standard InChI is InChI=1S/C12H9BrF2N2O3/c1-2-19-11(18)10-5-20-12(17-10)16-9-4-7(14)6(13)3-8(9)15/h3-5H,2H2,1H3,(H,16,17). The van der Waals surface area contributed by atoms with Gasteiger partial charge in [-0.3, -0.25) is 0 Å². The lowest BCUT2D eigenvalue weighted by atomic mass is 10.3. The van der Waals surface area contributed by atoms with Crippen LogP contribution in [0.2, 0.25) is 0 Å². The van der Waals surface area contributed by atoms with Crippen molar-refractivity contribution in [3.8, 4) is 0 Å². The van der Waals surface area contributed by atoms with Gasteiger partial charge in [-0.2, -0.15) is 4.98 Å². The molecule has 1 heterocycles. The van der Waals surface area contributed by atoms with Gasteiger partial charge in [0.05, 0.1) is 16.8 Å². The number of nitrogens with one attached hydrogen (secondary N) is 1. The van der Waals surface area contributed by atoms with Crippen molar-refractivity contribution in [2.45, 2.75) is 6.92 Å². The summed E-state index contributed by atoms with van der Waals surface area (Å²) in [7, 11) is 0. The molecule has 0 radical (unpaired) electrons. The van der Waals surface area contributed by atoms with Crippen molar-refractivity contribution in [1.82, 2.24) is 4.98 Å². The van der Waals surface area contributed by atoms with Crippen molar-refractivity contribution in [1.29, 1.82) is 0 Å². The van der Waals surface area contributed by atoms with E-state index in [0.717, 1.165) is 18.4 Å². The minimum Gasteiger partial charge on any atom is -0.461 e. The number of anilines is 2. The molecule has 1 aromatic heterocycles. The van der Waals surface area contributed by atoms with Crippen molar-refractivity contribution < 1.29 is 22.7 Å². The van der Waals surface area contributed by atoms with Gasteiger partial charge in [0, 0.05) is 6.07 Å². The topological polar surface area (TPSA) is 64.4 Å². The fraction of sp³-hybridized carbons (Fsp3) is 0.167. The molecular formula is C12H9BrF2N2O3. The molecule has 5 nitrogen and oxygen atoms in total. The number of ether oxygens (including phenoxy) is 1. The Hall–Kier alpha value is -1.96. The summed E-state index contributed by atoms with van der Waals surface area (Å²) in [5, 5.41) is 2.44. The minimum atomic E-state index is -0.700. The first-order chi connectivity index (χ1) is 9.51. The van der Waals surface area contributed by atoms with E-state index in [0.29, 0.717) is 0 Å². The summed E-state index contributed by atoms with van der Waals surface area (Å²) in [6.45, 7) is 1.85. The average molecular weight is 347 g/mol. The van der Waals surface area contributed by atoms with Gasteiger partial charge in [-0.05, 0) is 28.9 Å². The van der Waals surface area contributed by atoms with E-state index in [4.69, 9.17) is 9.15 Å². The maximum absolute atomic E-state index is 13.6. The SMILES string of the molecule is CCOC(=O)c1coc(Nc2cc(F)c(Br)cc2F)n1. The molecular weight excluding hydrogens is 338 g/mol. The third-order valence-corrected chi connectivity index (χ3v) is 2.85. The predicted octanol–water partition coefficient (Wildman–Crippen LogP) is 3.64. The second kappa shape index (κ2) is 6.00. The molecule has 2 rings (SSSR count). The molecule has 2 aromatic rings. The lowest BCUT2D eigenvalue weighted by molar-refractivity contribution is 0.0519. The van der Waals surface area contributed by atoms with Gasteiger partial charge < -0.3 is 14.5 Å². The van der Waals surface area contributed by atoms with Crippen LogP contribution in [0.3, 0.4) is 0 Å². The predicted molar refractivity (Wildman–Crippen MR) is 69.8 cm³/mol. The number of carbonyl (C=O) groups excluding carboxylic acids is 1. The van der Waals surface area contributed by atoms with Crippen molar-refractivity contribution in [3.63, 3.8) is 0 Å². The van der Waals surface area contributed by atoms with E-state index in [-0.39, 0.29) is 28.5 Å². The molecule has 0 aliphatic heterocycles. The number of hydrogen-bond acceptors (Lipinski definition) is 5. The average Bonchev–Trinajstić information content (AvgIpc) is 2.85. The number of oxazole rings is 1. The number of nitrogens with zero attached hydrogens (tertiary/aromatic N) is 1. The number of halogens is 3. The first kappa shape index (κ1) is 14.4. The molecule has 8 heteroatoms. The Bertz CT molecular complexity index is 646. The smallest absolute Gasteiger partial charge is 0.360 e. The van der Waals surface area contributed by atoms with E-state index in [2.05, 4.69) is 26.2 Å². The quantitative estimate of drug-likeness (QED) is 0.676. The fourth-order valence-electron chi connectivity index (χ4n) is 1.36. The molecule has 0 saturated carbocycles. The minimum absolute atomic E-state index is 0.000154. The first-order valence-electron chi connectivity index (χ1n) is 5.55. The van der Waals surface area contributed by atoms with Gasteiger partial charge in [0.25, 0.3) is 6.01 Å². The van der Waals surface area contributed by atoms with Crippen LogP contribution in [0.25, 0.3) is 0 Å². The highest BCUT2D eigenvalue weighted by Crippen LogP contribution is 2.25. The molecule has 0 unspecified atom stereocenters. The third-order valence-electron chi connectivity index (χ3n) is 2.24. The maximum Gasteiger partial charge on any atom is 0.360 e. The summed E-state index contributed by atoms with van der Waals surface area (Å²) in [6.07, 6.45) is 1.06. The third kappa shape index (κ3) is 3.13. The fourth-order valence-corrected chi connectivity index (χ4v) is 1.68. The second-order valence-corrected chi connectivity index (χ2v) is 4.48. The molecule has 1 N–H and O–H groups in total. The summed E-state index contributed by atoms with van der Waals surface area (Å²) in [4.78, 5) is 15.1. The van der Waals surface area contributed by atoms with Crippen LogP contribution in [-0.2, 0) is 4.74 Å². The Morgan fingerprint density at radius 2 is 2.20 bits per heavy atom. The van der Waals surface area contributed by atoms with Crippen LogP contribution in [0, 0.1) is 11.6 Å². The zero-order chi connectivity index (χ0) is 14.7. The summed E-state index contributed by atoms with van der Waals surface area (Å²) in [6, 6.07) is 1.76. The van der Waals surface area contributed by atoms with Crippen LogP contribution in [-0.4, -0.2) is 17.6 Å². The number of benzene rings is 1. The largest absolute Gasteiger partial charge is 0.461 e. The van der Waals surface area contributed by atoms with Gasteiger partial charge in [-0.1, -0.05) is 0 Å². The van der Waals surface area contributed by atoms with Crippen molar-refractivity contribution in [2.75, 3.05) is 11.9 Å². The number of carbonyl (C=O) groups is 1. The number of hydrogen-bond donors (Lipinski definition) is 1. The molecule has 1 aromatic carbocycles. The van der Waals surface area contributed by atoms with Crippen LogP contribution in [0.5, 0.6) is 0 Å². The molecule has 20 heavy (non-hydrogen) atoms. The molecule has 0 fully saturated rings. The molecule has 0 aliphatic carbocycles. The molecule has 0 spiro atoms. The van der Waals surface area contributed by atoms with Crippen LogP contribution >= 0.6 is 15.9 Å². The number of aromatic nitrogens is 1. The number of rotatable bonds is 4. The first-order valence-corrected chi connectivity index (χ1v) is 6.34. The van der Waals surface area contributed by atoms with Gasteiger partial charge in [-0.15, -0.1) is 0 Å². The van der Waals surface area contributed by atoms with Gasteiger partial charge >= 0.3 is 5.97 Å². The van der Waals surface area contributed by atoms with E-state index >= 15 is 0 Å². The molecule has 0 bridgehead atoms. The lowest BCUT2D eigenvalue weighted by Gasteiger charge is -2.04. The highest BCUT2D eigenvalue weighted by Gasteiger charge is 2.15. The Labute approximate surface area is 121 Å². The van der Waals surface area contributed by atoms with Crippen molar-refractivity contribution >= 4 is 33.6 Å². The molecule has 0 saturated heterocycles. The zero-order valence-corrected chi connectivity index (χ0v) is 11.8. The summed E-state index contributed by atoms with van der Waals surface area (Å²) in [5.74, 6) is -2.01. The Morgan fingerprint density at radius 1 is 1.45 bits per heavy atom. The van der Waals surface area contributed by atoms with Gasteiger partial charge in [0.1, 0.15) is 17.9 Å². The molecule has 0 amide bonds. The second-order valence-electron chi connectivity index (χ2n) is 3.63. The highest BCUT2D eigenvalue weighted by atomic mass is 79.9. The monoisotopic (exact) mass is 346 g/mol. The van der Waals surface area contributed by atoms with E-state index in [9.17, 15) is 13.6 Å². The van der Waals surface area contributed by atoms with Crippen LogP contribution in [0.4, 0.5) is 20.5 Å². The van der Waals surface area contributed by atoms with E-state index in [1.54, 1.807) is 6.92 Å². The molecule has 0 atom stereocenters. The summed E-state index contributed by atoms with van der Waals surface area (Å²) < 4.78 is 36.6. The maximum atomic E-state index is 13.6. The van der Waals surface area contributed by atoms with Crippen LogP contribution < -0.4 is 5.32 Å². The molecule has 106 valence electrons. The zero-order valence-electron chi connectivity index (χ0n) is 10.2. The van der Waals surface area contributed by atoms with Gasteiger partial charge in [-0.25, -0.2) is 13.6 Å². The van der Waals surface area contributed by atoms with Crippen LogP contribution in [0.15, 0.2) is 27.3 Å². The van der Waals surface area contributed by atoms with Crippen molar-refractivity contribution in [3.05, 3.63) is 40.2 Å². The molecule has 0 aliphatic rings. The van der Waals surface area contributed by atoms with Gasteiger partial charge in [0.2, 0.25) is 0 Å². The van der Waals surface area contributed by atoms with Gasteiger partial charge in [0.15, 0.2) is 5.69 Å². The lowest BCUT2D eigenvalue weighted by Crippen LogP contribution is -2.05. The number of esters is 1. The van der Waals surface area contributed by atoms with E-state index < -0.39 is 17.6 Å². The Balaban J connectivity index is 2.19. The summed E-state index contributed by atoms with van der Waals surface area (Å²) >= 11 is 2.86. The van der Waals surface area contributed by atoms with E-state index in [1.807, 2.05) is 0 Å². The summed E-state index contributed by atoms with van der Waals surface area (Å²) in [5.41, 5.74) is -0.227. The van der Waals surface area contributed by atoms with E-state index in [1.165, 1.54) is 0 Å². The van der Waals surface area contributed by atoms with Crippen LogP contribution in [0.1, 0.15) is 17.4 Å². The Kier molecular flexibility index (Phi) is 4.33. The normalized spacial score (nSPS) is 10.4. The van der Waals surface area contributed by atoms with Crippen molar-refractivity contribution in [2.24, 2.45) is 0 Å². The Morgan fingerprint density at radius 3 is 2.90 bits per heavy atom. The highest BCUT2D eigenvalue weighted by molar-refractivity contribution is 9.10.